The number of aromatic amines is 1. The molecule has 5 heterocycles. The fourth-order valence-corrected chi connectivity index (χ4v) is 3.21. The van der Waals surface area contributed by atoms with Crippen LogP contribution >= 0.6 is 0 Å². The predicted molar refractivity (Wildman–Crippen MR) is 128 cm³/mol. The molecule has 4 aromatic rings. The average molecular weight is 503 g/mol. The zero-order valence-electron chi connectivity index (χ0n) is 32.5. The lowest BCUT2D eigenvalue weighted by Gasteiger charge is -2.34. The number of pyridine rings is 2. The van der Waals surface area contributed by atoms with Crippen LogP contribution < -0.4 is 4.74 Å². The molecular weight excluding hydrogens is 464 g/mol. The molecule has 0 atom stereocenters. The first-order chi connectivity index (χ1) is 22.8. The van der Waals surface area contributed by atoms with Crippen molar-refractivity contribution in [1.29, 1.82) is 0 Å². The van der Waals surface area contributed by atoms with E-state index in [2.05, 4.69) is 25.0 Å². The van der Waals surface area contributed by atoms with Crippen molar-refractivity contribution in [3.05, 3.63) is 59.6 Å². The Labute approximate surface area is 225 Å². The Kier molecular flexibility index (Phi) is 3.04. The summed E-state index contributed by atoms with van der Waals surface area (Å²) >= 11 is 0. The monoisotopic (exact) mass is 502 g/mol. The number of rotatable bonds is 5. The Bertz CT molecular complexity index is 2070. The molecule has 0 radical (unpaired) electrons. The molecule has 1 saturated heterocycles. The van der Waals surface area contributed by atoms with Crippen molar-refractivity contribution < 1.29 is 38.3 Å². The van der Waals surface area contributed by atoms with Gasteiger partial charge in [-0.2, -0.15) is 5.10 Å². The summed E-state index contributed by atoms with van der Waals surface area (Å²) in [7, 11) is -3.13. The molecule has 0 aliphatic carbocycles. The van der Waals surface area contributed by atoms with Crippen molar-refractivity contribution in [2.75, 3.05) is 33.0 Å². The maximum Gasteiger partial charge on any atom is 0.295 e. The molecule has 2 amide bonds. The molecule has 0 aromatic carbocycles. The molecule has 1 aliphatic heterocycles. The highest BCUT2D eigenvalue weighted by Gasteiger charge is 2.31. The van der Waals surface area contributed by atoms with E-state index in [9.17, 15) is 14.4 Å². The molecular formula is C24H24N8O4. The molecule has 12 heteroatoms. The first-order valence-corrected chi connectivity index (χ1v) is 10.0. The van der Waals surface area contributed by atoms with Crippen molar-refractivity contribution in [2.24, 2.45) is 0 Å². The number of methoxy groups -OCH3 is 1. The maximum absolute atomic E-state index is 13.9. The number of H-pyrrole nitrogens is 1. The van der Waals surface area contributed by atoms with Gasteiger partial charge in [-0.25, -0.2) is 14.6 Å². The predicted octanol–water partition coefficient (Wildman–Crippen LogP) is 1.33. The highest BCUT2D eigenvalue weighted by atomic mass is 16.5. The lowest BCUT2D eigenvalue weighted by molar-refractivity contribution is -0.127. The second kappa shape index (κ2) is 9.21. The number of carbonyl (C=O) groups is 3. The number of ketones is 1. The molecule has 5 rings (SSSR count). The summed E-state index contributed by atoms with van der Waals surface area (Å²) in [5.41, 5.74) is -2.24. The summed E-state index contributed by atoms with van der Waals surface area (Å²) in [5.74, 6) is -6.27. The number of ether oxygens (including phenoxy) is 1. The lowest BCUT2D eigenvalue weighted by Crippen LogP contribution is -2.52. The summed E-state index contributed by atoms with van der Waals surface area (Å²) in [6.07, 6.45) is 2.23. The molecule has 1 aliphatic rings. The summed E-state index contributed by atoms with van der Waals surface area (Å²) in [4.78, 5) is 54.3. The van der Waals surface area contributed by atoms with Crippen LogP contribution in [-0.2, 0) is 4.79 Å². The van der Waals surface area contributed by atoms with E-state index in [1.54, 1.807) is 0 Å². The van der Waals surface area contributed by atoms with Gasteiger partial charge in [0.15, 0.2) is 5.82 Å². The van der Waals surface area contributed by atoms with E-state index in [-0.39, 0.29) is 22.7 Å². The molecule has 0 unspecified atom stereocenters. The second-order valence-electron chi connectivity index (χ2n) is 7.24. The van der Waals surface area contributed by atoms with Crippen LogP contribution in [0.4, 0.5) is 0 Å². The Balaban J connectivity index is 1.65. The van der Waals surface area contributed by atoms with Gasteiger partial charge in [-0.15, -0.1) is 0 Å². The largest absolute Gasteiger partial charge is 0.494 e. The number of hydrogen-bond acceptors (Lipinski definition) is 8. The van der Waals surface area contributed by atoms with Crippen LogP contribution in [-0.4, -0.2) is 90.1 Å². The van der Waals surface area contributed by atoms with Crippen LogP contribution in [0.25, 0.3) is 16.7 Å². The SMILES string of the molecule is [2H]c1nc(C(=O)N2C([2H])([2H])C([2H])([2H])N(C(=O)C(=O)c3c[nH]c4c(-n5cnc(C)n5)ncc(OC([2H])([2H])[2H])c34)C([2H])([2H])C2([2H])[2H])c([2H])c([2H])c1C. The van der Waals surface area contributed by atoms with Gasteiger partial charge in [0.2, 0.25) is 0 Å². The number of aryl methyl sites for hydroxylation is 1. The van der Waals surface area contributed by atoms with E-state index in [4.69, 9.17) is 23.9 Å². The molecule has 1 N–H and O–H groups in total. The van der Waals surface area contributed by atoms with Crippen molar-refractivity contribution >= 4 is 28.5 Å². The molecule has 12 nitrogen and oxygen atoms in total. The van der Waals surface area contributed by atoms with Crippen molar-refractivity contribution in [2.45, 2.75) is 13.8 Å². The number of piperazine rings is 1. The van der Waals surface area contributed by atoms with Crippen LogP contribution in [0.2, 0.25) is 0 Å². The fourth-order valence-electron chi connectivity index (χ4n) is 3.21. The standard InChI is InChI=1S/C24H24N8O4/c1-14-4-5-17(25-10-14)23(34)30-6-8-31(9-7-30)24(35)21(33)16-11-26-20-19(16)18(36-3)12-27-22(20)32-13-28-15(2)29-32/h4-5,10-13,26H,6-9H2,1-3H3/i3D3,4D,5D,6D2,7D2,8D2,9D2,10D. The third kappa shape index (κ3) is 4.06. The Morgan fingerprint density at radius 2 is 1.89 bits per heavy atom. The number of carbonyl (C=O) groups excluding carboxylic acids is 3. The van der Waals surface area contributed by atoms with Crippen LogP contribution in [0.5, 0.6) is 5.75 Å². The Hall–Kier alpha value is -4.61. The van der Waals surface area contributed by atoms with Gasteiger partial charge in [0.05, 0.1) is 48.9 Å². The van der Waals surface area contributed by atoms with E-state index in [1.165, 1.54) is 20.2 Å². The summed E-state index contributed by atoms with van der Waals surface area (Å²) in [5, 5.41) is 3.66. The lowest BCUT2D eigenvalue weighted by atomic mass is 10.1. The Morgan fingerprint density at radius 1 is 1.11 bits per heavy atom. The third-order valence-corrected chi connectivity index (χ3v) is 4.89. The van der Waals surface area contributed by atoms with Gasteiger partial charge in [0.1, 0.15) is 23.6 Å². The minimum absolute atomic E-state index is 0.0828. The number of nitrogens with one attached hydrogen (secondary N) is 1. The third-order valence-electron chi connectivity index (χ3n) is 4.89. The summed E-state index contributed by atoms with van der Waals surface area (Å²) in [6.45, 7) is -13.4. The normalized spacial score (nSPS) is 25.4. The minimum atomic E-state index is -4.06. The zero-order chi connectivity index (χ0) is 37.7. The van der Waals surface area contributed by atoms with E-state index in [0.29, 0.717) is 0 Å². The van der Waals surface area contributed by atoms with Crippen LogP contribution in [0.3, 0.4) is 0 Å². The molecule has 0 saturated carbocycles. The number of nitrogens with zero attached hydrogens (tertiary/aromatic N) is 7. The van der Waals surface area contributed by atoms with Crippen LogP contribution in [0, 0.1) is 13.8 Å². The van der Waals surface area contributed by atoms with Gasteiger partial charge in [-0.05, 0) is 25.5 Å². The zero-order valence-corrected chi connectivity index (χ0v) is 18.5. The topological polar surface area (TPSA) is 139 Å². The average Bonchev–Trinajstić information content (AvgIpc) is 3.63. The summed E-state index contributed by atoms with van der Waals surface area (Å²) in [6, 6.07) is -1.70. The van der Waals surface area contributed by atoms with Crippen LogP contribution in [0.15, 0.2) is 37.0 Å². The quantitative estimate of drug-likeness (QED) is 0.319. The van der Waals surface area contributed by atoms with Gasteiger partial charge >= 0.3 is 0 Å². The number of aromatic nitrogens is 6. The smallest absolute Gasteiger partial charge is 0.295 e. The minimum Gasteiger partial charge on any atom is -0.494 e. The van der Waals surface area contributed by atoms with Gasteiger partial charge in [-0.1, -0.05) is 6.04 Å². The highest BCUT2D eigenvalue weighted by Crippen LogP contribution is 2.31. The molecule has 184 valence electrons. The van der Waals surface area contributed by atoms with Crippen LogP contribution in [0.1, 0.15) is 51.4 Å². The van der Waals surface area contributed by atoms with Crippen molar-refractivity contribution in [1.82, 2.24) is 39.5 Å². The summed E-state index contributed by atoms with van der Waals surface area (Å²) < 4.78 is 121. The first-order valence-electron chi connectivity index (χ1n) is 17.0. The Morgan fingerprint density at radius 3 is 2.61 bits per heavy atom. The van der Waals surface area contributed by atoms with E-state index >= 15 is 0 Å². The van der Waals surface area contributed by atoms with Crippen molar-refractivity contribution in [3.8, 4) is 11.6 Å². The number of Topliss-reactive ketones (excluding diaryl/α,β-unsaturated/α-hetero) is 1. The van der Waals surface area contributed by atoms with Gasteiger partial charge in [-0.3, -0.25) is 19.4 Å². The molecule has 1 fully saturated rings. The van der Waals surface area contributed by atoms with Crippen molar-refractivity contribution in [3.63, 3.8) is 0 Å². The van der Waals surface area contributed by atoms with Gasteiger partial charge in [0.25, 0.3) is 17.6 Å². The van der Waals surface area contributed by atoms with E-state index in [1.807, 2.05) is 0 Å². The first kappa shape index (κ1) is 11.9. The molecule has 0 spiro atoms. The fraction of sp³-hybridized carbons (Fsp3) is 0.292. The molecule has 0 bridgehead atoms. The number of hydrogen-bond donors (Lipinski definition) is 1. The molecule has 4 aromatic heterocycles. The van der Waals surface area contributed by atoms with Gasteiger partial charge < -0.3 is 19.5 Å². The van der Waals surface area contributed by atoms with E-state index in [0.717, 1.165) is 17.1 Å². The highest BCUT2D eigenvalue weighted by molar-refractivity contribution is 6.45. The number of amides is 2. The maximum atomic E-state index is 13.9. The second-order valence-corrected chi connectivity index (χ2v) is 7.24. The molecule has 36 heavy (non-hydrogen) atoms. The number of fused-ring (bicyclic) bond motifs is 1. The van der Waals surface area contributed by atoms with Gasteiger partial charge in [0, 0.05) is 38.4 Å². The van der Waals surface area contributed by atoms with E-state index < -0.39 is 101 Å².